The van der Waals surface area contributed by atoms with E-state index in [1.165, 1.54) is 7.11 Å². The highest BCUT2D eigenvalue weighted by atomic mass is 28.4. The summed E-state index contributed by atoms with van der Waals surface area (Å²) in [5.41, 5.74) is 1.45. The van der Waals surface area contributed by atoms with Crippen LogP contribution in [-0.2, 0) is 36.6 Å². The molecule has 0 radical (unpaired) electrons. The van der Waals surface area contributed by atoms with Crippen LogP contribution in [0.2, 0.25) is 18.1 Å². The zero-order valence-corrected chi connectivity index (χ0v) is 22.3. The van der Waals surface area contributed by atoms with Crippen molar-refractivity contribution in [1.29, 1.82) is 0 Å². The van der Waals surface area contributed by atoms with Crippen molar-refractivity contribution in [2.24, 2.45) is 0 Å². The van der Waals surface area contributed by atoms with Crippen molar-refractivity contribution in [3.05, 3.63) is 71.8 Å². The summed E-state index contributed by atoms with van der Waals surface area (Å²) in [5.74, 6) is -0.808. The first-order valence-corrected chi connectivity index (χ1v) is 14.3. The first kappa shape index (κ1) is 28.1. The summed E-state index contributed by atoms with van der Waals surface area (Å²) < 4.78 is 21.8. The van der Waals surface area contributed by atoms with Crippen LogP contribution in [0.3, 0.4) is 0 Å². The summed E-state index contributed by atoms with van der Waals surface area (Å²) in [5, 5.41) is -0.153. The molecule has 2 amide bonds. The molecular weight excluding hydrogens is 466 g/mol. The van der Waals surface area contributed by atoms with Gasteiger partial charge in [-0.3, -0.25) is 0 Å². The molecule has 2 rings (SSSR count). The fraction of sp³-hybridized carbons (Fsp3) is 0.423. The van der Waals surface area contributed by atoms with Crippen LogP contribution in [-0.4, -0.2) is 51.1 Å². The minimum atomic E-state index is -2.32. The lowest BCUT2D eigenvalue weighted by atomic mass is 10.2. The third-order valence-electron chi connectivity index (χ3n) is 6.00. The molecule has 0 fully saturated rings. The second kappa shape index (κ2) is 12.5. The highest BCUT2D eigenvalue weighted by Gasteiger charge is 2.43. The largest absolute Gasteiger partial charge is 0.467 e. The van der Waals surface area contributed by atoms with Gasteiger partial charge >= 0.3 is 18.2 Å². The van der Waals surface area contributed by atoms with Gasteiger partial charge in [0.2, 0.25) is 0 Å². The average Bonchev–Trinajstić information content (AvgIpc) is 2.83. The molecule has 0 saturated heterocycles. The lowest BCUT2D eigenvalue weighted by Crippen LogP contribution is -2.54. The third kappa shape index (κ3) is 8.22. The van der Waals surface area contributed by atoms with Crippen molar-refractivity contribution < 1.29 is 33.0 Å². The molecular formula is C26H35NO7Si. The zero-order chi connectivity index (χ0) is 26.1. The summed E-state index contributed by atoms with van der Waals surface area (Å²) in [6, 6.07) is 16.6. The van der Waals surface area contributed by atoms with E-state index in [9.17, 15) is 14.4 Å². The summed E-state index contributed by atoms with van der Waals surface area (Å²) in [4.78, 5) is 39.6. The molecule has 2 aromatic carbocycles. The molecule has 0 N–H and O–H groups in total. The van der Waals surface area contributed by atoms with Crippen molar-refractivity contribution in [3.8, 4) is 0 Å². The van der Waals surface area contributed by atoms with Gasteiger partial charge in [0.1, 0.15) is 13.2 Å². The maximum absolute atomic E-state index is 13.1. The Hall–Kier alpha value is -3.17. The number of methoxy groups -OCH3 is 1. The molecule has 1 atom stereocenters. The second-order valence-electron chi connectivity index (χ2n) is 9.56. The van der Waals surface area contributed by atoms with E-state index in [1.807, 2.05) is 46.0 Å². The van der Waals surface area contributed by atoms with Gasteiger partial charge in [-0.15, -0.1) is 0 Å². The van der Waals surface area contributed by atoms with Crippen LogP contribution < -0.4 is 0 Å². The van der Waals surface area contributed by atoms with E-state index >= 15 is 0 Å². The average molecular weight is 502 g/mol. The number of nitrogens with zero attached hydrogens (tertiary/aromatic N) is 1. The van der Waals surface area contributed by atoms with E-state index in [1.54, 1.807) is 48.5 Å². The van der Waals surface area contributed by atoms with E-state index in [4.69, 9.17) is 18.6 Å². The maximum atomic E-state index is 13.1. The highest BCUT2D eigenvalue weighted by Crippen LogP contribution is 2.36. The van der Waals surface area contributed by atoms with E-state index in [0.29, 0.717) is 4.90 Å². The summed E-state index contributed by atoms with van der Waals surface area (Å²) in [7, 11) is -1.14. The second-order valence-corrected chi connectivity index (χ2v) is 14.4. The predicted molar refractivity (Wildman–Crippen MR) is 134 cm³/mol. The molecule has 0 heterocycles. The number of carbonyl (C=O) groups is 3. The molecule has 0 spiro atoms. The Bertz CT molecular complexity index is 919. The number of amides is 2. The Morgan fingerprint density at radius 1 is 0.829 bits per heavy atom. The summed E-state index contributed by atoms with van der Waals surface area (Å²) >= 11 is 0. The third-order valence-corrected chi connectivity index (χ3v) is 10.5. The Balaban J connectivity index is 2.27. The van der Waals surface area contributed by atoms with E-state index in [0.717, 1.165) is 11.1 Å². The molecule has 35 heavy (non-hydrogen) atoms. The van der Waals surface area contributed by atoms with Crippen LogP contribution in [0.4, 0.5) is 9.59 Å². The van der Waals surface area contributed by atoms with Crippen LogP contribution in [0.15, 0.2) is 60.7 Å². The maximum Gasteiger partial charge on any atom is 0.420 e. The summed E-state index contributed by atoms with van der Waals surface area (Å²) in [6.45, 7) is 9.76. The van der Waals surface area contributed by atoms with Gasteiger partial charge in [0, 0.05) is 0 Å². The normalized spacial score (nSPS) is 12.4. The van der Waals surface area contributed by atoms with E-state index < -0.39 is 32.5 Å². The Morgan fingerprint density at radius 2 is 1.26 bits per heavy atom. The van der Waals surface area contributed by atoms with Crippen molar-refractivity contribution in [2.75, 3.05) is 13.7 Å². The highest BCUT2D eigenvalue weighted by molar-refractivity contribution is 6.74. The minimum absolute atomic E-state index is 0.0842. The number of esters is 1. The topological polar surface area (TPSA) is 91.4 Å². The van der Waals surface area contributed by atoms with Crippen LogP contribution in [0.1, 0.15) is 31.9 Å². The Labute approximate surface area is 208 Å². The monoisotopic (exact) mass is 501 g/mol. The molecule has 8 nitrogen and oxygen atoms in total. The van der Waals surface area contributed by atoms with Gasteiger partial charge in [-0.1, -0.05) is 81.4 Å². The van der Waals surface area contributed by atoms with Gasteiger partial charge in [0.05, 0.1) is 13.7 Å². The molecule has 9 heteroatoms. The van der Waals surface area contributed by atoms with Crippen LogP contribution >= 0.6 is 0 Å². The molecule has 0 aliphatic carbocycles. The van der Waals surface area contributed by atoms with Gasteiger partial charge in [-0.05, 0) is 29.3 Å². The molecule has 0 aliphatic heterocycles. The molecule has 0 aromatic heterocycles. The smallest absolute Gasteiger partial charge is 0.420 e. The van der Waals surface area contributed by atoms with Crippen LogP contribution in [0.5, 0.6) is 0 Å². The quantitative estimate of drug-likeness (QED) is 0.254. The molecule has 0 bridgehead atoms. The van der Waals surface area contributed by atoms with Gasteiger partial charge in [0.25, 0.3) is 0 Å². The molecule has 0 aliphatic rings. The van der Waals surface area contributed by atoms with E-state index in [2.05, 4.69) is 0 Å². The standard InChI is InChI=1S/C26H35NO7Si/c1-26(2,3)35(5,6)34-19-22(23(28)31-4)27(24(29)32-17-20-13-9-7-10-14-20)25(30)33-18-21-15-11-8-12-16-21/h7-16,22H,17-19H2,1-6H3/t22-/m0/s1. The number of hydrogen-bond acceptors (Lipinski definition) is 7. The Kier molecular flexibility index (Phi) is 10.0. The van der Waals surface area contributed by atoms with Gasteiger partial charge < -0.3 is 18.6 Å². The SMILES string of the molecule is COC(=O)[C@H](CO[Si](C)(C)C(C)(C)C)N(C(=O)OCc1ccccc1)C(=O)OCc1ccccc1. The number of ether oxygens (including phenoxy) is 3. The number of imide groups is 1. The lowest BCUT2D eigenvalue weighted by Gasteiger charge is -2.37. The molecule has 190 valence electrons. The van der Waals surface area contributed by atoms with Gasteiger partial charge in [-0.2, -0.15) is 4.90 Å². The van der Waals surface area contributed by atoms with Crippen molar-refractivity contribution >= 4 is 26.5 Å². The van der Waals surface area contributed by atoms with Gasteiger partial charge in [-0.25, -0.2) is 14.4 Å². The number of hydrogen-bond donors (Lipinski definition) is 0. The van der Waals surface area contributed by atoms with Gasteiger partial charge in [0.15, 0.2) is 14.4 Å². The molecule has 0 unspecified atom stereocenters. The minimum Gasteiger partial charge on any atom is -0.467 e. The molecule has 2 aromatic rings. The first-order valence-electron chi connectivity index (χ1n) is 11.4. The first-order chi connectivity index (χ1) is 16.5. The summed E-state index contributed by atoms with van der Waals surface area (Å²) in [6.07, 6.45) is -2.05. The Morgan fingerprint density at radius 3 is 1.63 bits per heavy atom. The lowest BCUT2D eigenvalue weighted by molar-refractivity contribution is -0.147. The number of carbonyl (C=O) groups excluding carboxylic acids is 3. The van der Waals surface area contributed by atoms with Crippen molar-refractivity contribution in [2.45, 2.75) is 58.2 Å². The van der Waals surface area contributed by atoms with Crippen LogP contribution in [0.25, 0.3) is 0 Å². The zero-order valence-electron chi connectivity index (χ0n) is 21.3. The molecule has 0 saturated carbocycles. The van der Waals surface area contributed by atoms with Crippen molar-refractivity contribution in [1.82, 2.24) is 4.90 Å². The number of rotatable bonds is 9. The van der Waals surface area contributed by atoms with E-state index in [-0.39, 0.29) is 24.9 Å². The number of benzene rings is 2. The fourth-order valence-corrected chi connectivity index (χ4v) is 3.80. The van der Waals surface area contributed by atoms with Crippen molar-refractivity contribution in [3.63, 3.8) is 0 Å². The fourth-order valence-electron chi connectivity index (χ4n) is 2.79. The predicted octanol–water partition coefficient (Wildman–Crippen LogP) is 5.53. The van der Waals surface area contributed by atoms with Crippen LogP contribution in [0, 0.1) is 0 Å².